The summed E-state index contributed by atoms with van der Waals surface area (Å²) in [6.45, 7) is 2.00. The Morgan fingerprint density at radius 3 is 2.69 bits per heavy atom. The van der Waals surface area contributed by atoms with Crippen LogP contribution in [0.15, 0.2) is 0 Å². The molecule has 1 aliphatic rings. The zero-order valence-electron chi connectivity index (χ0n) is 9.82. The third-order valence-electron chi connectivity index (χ3n) is 2.99. The highest BCUT2D eigenvalue weighted by Crippen LogP contribution is 2.18. The van der Waals surface area contributed by atoms with Gasteiger partial charge in [-0.25, -0.2) is 0 Å². The monoisotopic (exact) mass is 250 g/mol. The Morgan fingerprint density at radius 1 is 1.50 bits per heavy atom. The van der Waals surface area contributed by atoms with E-state index in [-0.39, 0.29) is 24.4 Å². The van der Waals surface area contributed by atoms with Gasteiger partial charge < -0.3 is 16.2 Å². The molecule has 0 aromatic rings. The Morgan fingerprint density at radius 2 is 2.12 bits per heavy atom. The average molecular weight is 251 g/mol. The molecule has 4 nitrogen and oxygen atoms in total. The molecule has 16 heavy (non-hydrogen) atoms. The number of rotatable bonds is 4. The van der Waals surface area contributed by atoms with Gasteiger partial charge in [0, 0.05) is 0 Å². The first-order valence-corrected chi connectivity index (χ1v) is 5.89. The lowest BCUT2D eigenvalue weighted by Gasteiger charge is -2.29. The van der Waals surface area contributed by atoms with Gasteiger partial charge in [-0.1, -0.05) is 26.2 Å². The van der Waals surface area contributed by atoms with E-state index in [0.29, 0.717) is 6.42 Å². The second kappa shape index (κ2) is 7.87. The van der Waals surface area contributed by atoms with Crippen LogP contribution < -0.4 is 11.1 Å². The van der Waals surface area contributed by atoms with Gasteiger partial charge in [-0.05, 0) is 19.3 Å². The van der Waals surface area contributed by atoms with E-state index < -0.39 is 12.1 Å². The summed E-state index contributed by atoms with van der Waals surface area (Å²) in [6.07, 6.45) is 4.99. The number of nitrogens with one attached hydrogen (secondary N) is 1. The van der Waals surface area contributed by atoms with E-state index in [2.05, 4.69) is 5.32 Å². The predicted molar refractivity (Wildman–Crippen MR) is 66.5 cm³/mol. The van der Waals surface area contributed by atoms with Gasteiger partial charge >= 0.3 is 0 Å². The Hall–Kier alpha value is -0.320. The van der Waals surface area contributed by atoms with E-state index in [1.165, 1.54) is 0 Å². The van der Waals surface area contributed by atoms with Gasteiger partial charge in [0.15, 0.2) is 0 Å². The number of hydrogen-bond donors (Lipinski definition) is 3. The van der Waals surface area contributed by atoms with Crippen molar-refractivity contribution in [3.8, 4) is 0 Å². The quantitative estimate of drug-likeness (QED) is 0.696. The number of carbonyl (C=O) groups is 1. The number of aliphatic hydroxyl groups is 1. The Kier molecular flexibility index (Phi) is 7.72. The molecule has 96 valence electrons. The molecule has 0 spiro atoms. The number of hydrogen-bond acceptors (Lipinski definition) is 3. The van der Waals surface area contributed by atoms with Crippen LogP contribution in [0.1, 0.15) is 45.4 Å². The van der Waals surface area contributed by atoms with E-state index in [9.17, 15) is 9.90 Å². The van der Waals surface area contributed by atoms with Crippen molar-refractivity contribution < 1.29 is 9.90 Å². The molecule has 1 saturated carbocycles. The fourth-order valence-corrected chi connectivity index (χ4v) is 2.01. The minimum absolute atomic E-state index is 0. The van der Waals surface area contributed by atoms with Crippen molar-refractivity contribution in [2.24, 2.45) is 5.73 Å². The van der Waals surface area contributed by atoms with Crippen LogP contribution in [-0.2, 0) is 4.79 Å². The van der Waals surface area contributed by atoms with Gasteiger partial charge in [-0.3, -0.25) is 4.79 Å². The van der Waals surface area contributed by atoms with E-state index in [4.69, 9.17) is 5.73 Å². The zero-order valence-corrected chi connectivity index (χ0v) is 10.6. The third kappa shape index (κ3) is 4.68. The highest BCUT2D eigenvalue weighted by molar-refractivity contribution is 5.85. The van der Waals surface area contributed by atoms with Crippen molar-refractivity contribution in [3.05, 3.63) is 0 Å². The molecular formula is C11H23ClN2O2. The van der Waals surface area contributed by atoms with Gasteiger partial charge in [0.25, 0.3) is 0 Å². The molecule has 5 heteroatoms. The molecule has 1 amide bonds. The van der Waals surface area contributed by atoms with Gasteiger partial charge in [0.1, 0.15) is 0 Å². The van der Waals surface area contributed by atoms with E-state index in [1.807, 2.05) is 6.92 Å². The van der Waals surface area contributed by atoms with Crippen LogP contribution >= 0.6 is 12.4 Å². The first-order chi connectivity index (χ1) is 7.15. The van der Waals surface area contributed by atoms with Crippen LogP contribution in [0.2, 0.25) is 0 Å². The van der Waals surface area contributed by atoms with Gasteiger partial charge in [0.2, 0.25) is 5.91 Å². The first kappa shape index (κ1) is 15.7. The number of carbonyl (C=O) groups excluding carboxylic acids is 1. The molecule has 0 saturated heterocycles. The fourth-order valence-electron chi connectivity index (χ4n) is 2.01. The zero-order chi connectivity index (χ0) is 11.3. The summed E-state index contributed by atoms with van der Waals surface area (Å²) in [5, 5.41) is 12.5. The summed E-state index contributed by atoms with van der Waals surface area (Å²) in [5.41, 5.74) is 5.70. The third-order valence-corrected chi connectivity index (χ3v) is 2.99. The highest BCUT2D eigenvalue weighted by atomic mass is 35.5. The van der Waals surface area contributed by atoms with Gasteiger partial charge in [-0.15, -0.1) is 12.4 Å². The SMILES string of the molecule is CCCC(N)C(=O)NC1CCCCC1O.Cl. The number of nitrogens with two attached hydrogens (primary N) is 1. The van der Waals surface area contributed by atoms with E-state index in [0.717, 1.165) is 32.1 Å². The highest BCUT2D eigenvalue weighted by Gasteiger charge is 2.25. The van der Waals surface area contributed by atoms with Crippen LogP contribution in [0, 0.1) is 0 Å². The van der Waals surface area contributed by atoms with Crippen molar-refractivity contribution >= 4 is 18.3 Å². The smallest absolute Gasteiger partial charge is 0.237 e. The molecule has 0 heterocycles. The lowest BCUT2D eigenvalue weighted by Crippen LogP contribution is -2.50. The minimum Gasteiger partial charge on any atom is -0.391 e. The summed E-state index contributed by atoms with van der Waals surface area (Å²) in [4.78, 5) is 11.6. The van der Waals surface area contributed by atoms with Crippen LogP contribution in [0.5, 0.6) is 0 Å². The molecule has 0 aromatic carbocycles. The van der Waals surface area contributed by atoms with Gasteiger partial charge in [-0.2, -0.15) is 0 Å². The molecule has 3 unspecified atom stereocenters. The summed E-state index contributed by atoms with van der Waals surface area (Å²) in [7, 11) is 0. The maximum absolute atomic E-state index is 11.6. The Bertz CT molecular complexity index is 214. The molecule has 1 aliphatic carbocycles. The van der Waals surface area contributed by atoms with Crippen LogP contribution in [0.25, 0.3) is 0 Å². The topological polar surface area (TPSA) is 75.4 Å². The predicted octanol–water partition coefficient (Wildman–Crippen LogP) is 0.955. The van der Waals surface area contributed by atoms with Crippen molar-refractivity contribution in [2.75, 3.05) is 0 Å². The molecule has 0 radical (unpaired) electrons. The van der Waals surface area contributed by atoms with Crippen LogP contribution in [0.4, 0.5) is 0 Å². The lowest BCUT2D eigenvalue weighted by atomic mass is 9.92. The largest absolute Gasteiger partial charge is 0.391 e. The molecule has 0 aliphatic heterocycles. The molecule has 0 aromatic heterocycles. The molecule has 0 bridgehead atoms. The fraction of sp³-hybridized carbons (Fsp3) is 0.909. The Labute approximate surface area is 103 Å². The normalized spacial score (nSPS) is 26.7. The second-order valence-electron chi connectivity index (χ2n) is 4.36. The number of amides is 1. The number of halogens is 1. The van der Waals surface area contributed by atoms with Crippen molar-refractivity contribution in [3.63, 3.8) is 0 Å². The van der Waals surface area contributed by atoms with Crippen molar-refractivity contribution in [1.82, 2.24) is 5.32 Å². The summed E-state index contributed by atoms with van der Waals surface area (Å²) in [5.74, 6) is -0.122. The summed E-state index contributed by atoms with van der Waals surface area (Å²) < 4.78 is 0. The van der Waals surface area contributed by atoms with Gasteiger partial charge in [0.05, 0.1) is 18.2 Å². The average Bonchev–Trinajstić information content (AvgIpc) is 2.21. The van der Waals surface area contributed by atoms with Crippen LogP contribution in [0.3, 0.4) is 0 Å². The van der Waals surface area contributed by atoms with E-state index >= 15 is 0 Å². The molecule has 4 N–H and O–H groups in total. The second-order valence-corrected chi connectivity index (χ2v) is 4.36. The van der Waals surface area contributed by atoms with Crippen LogP contribution in [-0.4, -0.2) is 29.2 Å². The maximum Gasteiger partial charge on any atom is 0.237 e. The molecule has 1 rings (SSSR count). The number of aliphatic hydroxyl groups excluding tert-OH is 1. The maximum atomic E-state index is 11.6. The summed E-state index contributed by atoms with van der Waals surface area (Å²) >= 11 is 0. The van der Waals surface area contributed by atoms with Crippen molar-refractivity contribution in [1.29, 1.82) is 0 Å². The molecular weight excluding hydrogens is 228 g/mol. The molecule has 1 fully saturated rings. The standard InChI is InChI=1S/C11H22N2O2.ClH/c1-2-5-8(12)11(15)13-9-6-3-4-7-10(9)14;/h8-10,14H,2-7,12H2,1H3,(H,13,15);1H. The molecule has 3 atom stereocenters. The Balaban J connectivity index is 0.00000225. The minimum atomic E-state index is -0.427. The summed E-state index contributed by atoms with van der Waals surface area (Å²) in [6, 6.07) is -0.515. The first-order valence-electron chi connectivity index (χ1n) is 5.89. The van der Waals surface area contributed by atoms with Crippen molar-refractivity contribution in [2.45, 2.75) is 63.6 Å². The van der Waals surface area contributed by atoms with E-state index in [1.54, 1.807) is 0 Å². The lowest BCUT2D eigenvalue weighted by molar-refractivity contribution is -0.124.